The molecule has 1 atom stereocenters. The van der Waals surface area contributed by atoms with Crippen LogP contribution in [0.1, 0.15) is 38.8 Å². The number of aliphatic imine (C=N–C) groups is 1. The van der Waals surface area contributed by atoms with Gasteiger partial charge in [-0.1, -0.05) is 0 Å². The molecule has 0 bridgehead atoms. The lowest BCUT2D eigenvalue weighted by Crippen LogP contribution is -2.50. The van der Waals surface area contributed by atoms with E-state index in [1.807, 2.05) is 6.92 Å². The van der Waals surface area contributed by atoms with Crippen molar-refractivity contribution < 1.29 is 9.47 Å². The summed E-state index contributed by atoms with van der Waals surface area (Å²) in [6, 6.07) is 4.21. The second kappa shape index (κ2) is 10.4. The number of benzene rings is 1. The maximum atomic E-state index is 5.90. The highest BCUT2D eigenvalue weighted by Gasteiger charge is 2.23. The first kappa shape index (κ1) is 23.8. The first-order valence-electron chi connectivity index (χ1n) is 9.34. The number of rotatable bonds is 7. The van der Waals surface area contributed by atoms with E-state index < -0.39 is 0 Å². The molecular weight excluding hydrogens is 455 g/mol. The Balaban J connectivity index is 0.00000364. The zero-order valence-corrected chi connectivity index (χ0v) is 20.0. The predicted molar refractivity (Wildman–Crippen MR) is 123 cm³/mol. The topological polar surface area (TPSA) is 58.1 Å². The molecule has 0 aromatic heterocycles. The molecule has 0 spiro atoms. The molecule has 27 heavy (non-hydrogen) atoms. The van der Waals surface area contributed by atoms with Gasteiger partial charge < -0.3 is 25.0 Å². The van der Waals surface area contributed by atoms with Gasteiger partial charge in [-0.3, -0.25) is 4.99 Å². The molecule has 1 aromatic carbocycles. The summed E-state index contributed by atoms with van der Waals surface area (Å²) in [7, 11) is 5.95. The smallest absolute Gasteiger partial charge is 0.191 e. The van der Waals surface area contributed by atoms with Gasteiger partial charge in [-0.2, -0.15) is 0 Å². The summed E-state index contributed by atoms with van der Waals surface area (Å²) in [5.74, 6) is 2.66. The third-order valence-corrected chi connectivity index (χ3v) is 4.95. The Kier molecular flexibility index (Phi) is 9.14. The number of halogens is 1. The maximum Gasteiger partial charge on any atom is 0.191 e. The van der Waals surface area contributed by atoms with Crippen LogP contribution in [0.5, 0.6) is 11.5 Å². The van der Waals surface area contributed by atoms with Crippen molar-refractivity contribution in [2.24, 2.45) is 4.99 Å². The first-order chi connectivity index (χ1) is 12.3. The van der Waals surface area contributed by atoms with Gasteiger partial charge in [0.2, 0.25) is 0 Å². The van der Waals surface area contributed by atoms with Crippen LogP contribution in [-0.4, -0.2) is 56.8 Å². The molecule has 1 aliphatic rings. The largest absolute Gasteiger partial charge is 0.494 e. The molecular formula is C20H35IN4O2. The highest BCUT2D eigenvalue weighted by molar-refractivity contribution is 14.0. The molecule has 0 aliphatic carbocycles. The second-order valence-corrected chi connectivity index (χ2v) is 7.62. The van der Waals surface area contributed by atoms with Crippen molar-refractivity contribution in [2.75, 3.05) is 34.3 Å². The van der Waals surface area contributed by atoms with Crippen LogP contribution in [0.15, 0.2) is 17.1 Å². The van der Waals surface area contributed by atoms with Crippen LogP contribution in [0.2, 0.25) is 0 Å². The maximum absolute atomic E-state index is 5.90. The van der Waals surface area contributed by atoms with Crippen LogP contribution in [0.4, 0.5) is 0 Å². The van der Waals surface area contributed by atoms with Gasteiger partial charge >= 0.3 is 0 Å². The quantitative estimate of drug-likeness (QED) is 0.350. The van der Waals surface area contributed by atoms with Gasteiger partial charge in [0.1, 0.15) is 17.6 Å². The Hall–Kier alpha value is -1.22. The van der Waals surface area contributed by atoms with Gasteiger partial charge in [-0.05, 0) is 53.9 Å². The van der Waals surface area contributed by atoms with E-state index in [1.54, 1.807) is 7.05 Å². The Morgan fingerprint density at radius 1 is 1.33 bits per heavy atom. The van der Waals surface area contributed by atoms with E-state index in [4.69, 9.17) is 9.47 Å². The average molecular weight is 490 g/mol. The van der Waals surface area contributed by atoms with Crippen LogP contribution < -0.4 is 20.1 Å². The van der Waals surface area contributed by atoms with Gasteiger partial charge in [0.15, 0.2) is 5.96 Å². The molecule has 7 heteroatoms. The SMILES string of the molecule is CCOc1cc2c(cc1CNC(=NC)NCC(C)(C)N(C)C)OC(C)C2.I. The molecule has 0 saturated heterocycles. The molecule has 1 aliphatic heterocycles. The van der Waals surface area contributed by atoms with Crippen molar-refractivity contribution in [3.8, 4) is 11.5 Å². The zero-order chi connectivity index (χ0) is 19.3. The number of hydrogen-bond acceptors (Lipinski definition) is 4. The normalized spacial score (nSPS) is 16.4. The Morgan fingerprint density at radius 3 is 2.63 bits per heavy atom. The molecule has 154 valence electrons. The molecule has 6 nitrogen and oxygen atoms in total. The predicted octanol–water partition coefficient (Wildman–Crippen LogP) is 3.03. The van der Waals surface area contributed by atoms with Gasteiger partial charge in [0.05, 0.1) is 6.61 Å². The molecule has 1 heterocycles. The van der Waals surface area contributed by atoms with E-state index >= 15 is 0 Å². The number of hydrogen-bond donors (Lipinski definition) is 2. The number of likely N-dealkylation sites (N-methyl/N-ethyl adjacent to an activating group) is 1. The molecule has 0 amide bonds. The van der Waals surface area contributed by atoms with Crippen molar-refractivity contribution in [1.82, 2.24) is 15.5 Å². The van der Waals surface area contributed by atoms with E-state index in [-0.39, 0.29) is 35.6 Å². The standard InChI is InChI=1S/C20H34N4O2.HI/c1-8-25-17-10-15-9-14(2)26-18(15)11-16(17)12-22-19(21-5)23-13-20(3,4)24(6)7;/h10-11,14H,8-9,12-13H2,1-7H3,(H2,21,22,23);1H. The van der Waals surface area contributed by atoms with Crippen LogP contribution >= 0.6 is 24.0 Å². The summed E-state index contributed by atoms with van der Waals surface area (Å²) in [6.45, 7) is 10.6. The molecule has 0 fully saturated rings. The van der Waals surface area contributed by atoms with Crippen LogP contribution in [0.25, 0.3) is 0 Å². The third-order valence-electron chi connectivity index (χ3n) is 4.95. The third kappa shape index (κ3) is 6.41. The number of fused-ring (bicyclic) bond motifs is 1. The van der Waals surface area contributed by atoms with E-state index in [2.05, 4.69) is 67.5 Å². The summed E-state index contributed by atoms with van der Waals surface area (Å²) in [5.41, 5.74) is 2.33. The molecule has 1 unspecified atom stereocenters. The summed E-state index contributed by atoms with van der Waals surface area (Å²) in [6.07, 6.45) is 1.16. The van der Waals surface area contributed by atoms with Gasteiger partial charge in [-0.25, -0.2) is 0 Å². The minimum Gasteiger partial charge on any atom is -0.494 e. The summed E-state index contributed by atoms with van der Waals surface area (Å²) < 4.78 is 11.7. The van der Waals surface area contributed by atoms with Crippen LogP contribution in [0.3, 0.4) is 0 Å². The number of guanidine groups is 1. The minimum absolute atomic E-state index is 0. The van der Waals surface area contributed by atoms with Gasteiger partial charge in [0.25, 0.3) is 0 Å². The highest BCUT2D eigenvalue weighted by Crippen LogP contribution is 2.35. The van der Waals surface area contributed by atoms with Crippen LogP contribution in [0, 0.1) is 0 Å². The van der Waals surface area contributed by atoms with E-state index in [0.717, 1.165) is 36.0 Å². The van der Waals surface area contributed by atoms with Crippen LogP contribution in [-0.2, 0) is 13.0 Å². The lowest BCUT2D eigenvalue weighted by molar-refractivity contribution is 0.197. The fourth-order valence-electron chi connectivity index (χ4n) is 2.77. The Labute approximate surface area is 181 Å². The highest BCUT2D eigenvalue weighted by atomic mass is 127. The van der Waals surface area contributed by atoms with E-state index in [1.165, 1.54) is 5.56 Å². The lowest BCUT2D eigenvalue weighted by atomic mass is 10.0. The van der Waals surface area contributed by atoms with Crippen molar-refractivity contribution in [3.63, 3.8) is 0 Å². The van der Waals surface area contributed by atoms with Gasteiger partial charge in [-0.15, -0.1) is 24.0 Å². The fourth-order valence-corrected chi connectivity index (χ4v) is 2.77. The van der Waals surface area contributed by atoms with Crippen molar-refractivity contribution in [2.45, 2.75) is 52.3 Å². The molecule has 1 aromatic rings. The van der Waals surface area contributed by atoms with Crippen molar-refractivity contribution >= 4 is 29.9 Å². The average Bonchev–Trinajstić information content (AvgIpc) is 2.94. The summed E-state index contributed by atoms with van der Waals surface area (Å²) >= 11 is 0. The monoisotopic (exact) mass is 490 g/mol. The summed E-state index contributed by atoms with van der Waals surface area (Å²) in [4.78, 5) is 6.52. The zero-order valence-electron chi connectivity index (χ0n) is 17.7. The molecule has 0 radical (unpaired) electrons. The van der Waals surface area contributed by atoms with E-state index in [9.17, 15) is 0 Å². The minimum atomic E-state index is 0. The van der Waals surface area contributed by atoms with Gasteiger partial charge in [0, 0.05) is 43.2 Å². The fraction of sp³-hybridized carbons (Fsp3) is 0.650. The van der Waals surface area contributed by atoms with Crippen molar-refractivity contribution in [3.05, 3.63) is 23.3 Å². The molecule has 0 saturated carbocycles. The first-order valence-corrected chi connectivity index (χ1v) is 9.34. The number of nitrogens with one attached hydrogen (secondary N) is 2. The Bertz CT molecular complexity index is 647. The lowest BCUT2D eigenvalue weighted by Gasteiger charge is -2.33. The Morgan fingerprint density at radius 2 is 2.04 bits per heavy atom. The number of ether oxygens (including phenoxy) is 2. The molecule has 2 rings (SSSR count). The second-order valence-electron chi connectivity index (χ2n) is 7.62. The van der Waals surface area contributed by atoms with Crippen molar-refractivity contribution in [1.29, 1.82) is 0 Å². The number of nitrogens with zero attached hydrogens (tertiary/aromatic N) is 2. The molecule has 2 N–H and O–H groups in total. The summed E-state index contributed by atoms with van der Waals surface area (Å²) in [5, 5.41) is 6.78. The van der Waals surface area contributed by atoms with E-state index in [0.29, 0.717) is 13.2 Å².